The molecule has 0 amide bonds. The molecule has 0 saturated carbocycles. The lowest BCUT2D eigenvalue weighted by atomic mass is 9.86. The standard InChI is InChI=1S/C21H27ClN2O4Si/c1-20(2,3)29(4,5)28-15-6-7-16(17(22)11-15)21(27)12-24(13-21)18-10-14(19(25)26)8-9-23-18/h6-11,27H,12-13H2,1-5H3,(H,25,26). The zero-order chi connectivity index (χ0) is 21.6. The number of aromatic carboxylic acids is 1. The Bertz CT molecular complexity index is 937. The Hall–Kier alpha value is -2.09. The molecule has 2 aromatic rings. The Morgan fingerprint density at radius 1 is 1.24 bits per heavy atom. The van der Waals surface area contributed by atoms with Gasteiger partial charge in [-0.1, -0.05) is 38.4 Å². The van der Waals surface area contributed by atoms with E-state index in [0.717, 1.165) is 0 Å². The third-order valence-corrected chi connectivity index (χ3v) is 10.5. The van der Waals surface area contributed by atoms with E-state index in [-0.39, 0.29) is 23.7 Å². The molecule has 0 radical (unpaired) electrons. The summed E-state index contributed by atoms with van der Waals surface area (Å²) in [4.78, 5) is 17.2. The third kappa shape index (κ3) is 4.27. The second-order valence-electron chi connectivity index (χ2n) is 9.10. The predicted octanol–water partition coefficient (Wildman–Crippen LogP) is 4.53. The summed E-state index contributed by atoms with van der Waals surface area (Å²) >= 11 is 6.49. The van der Waals surface area contributed by atoms with Crippen molar-refractivity contribution in [2.45, 2.75) is 44.5 Å². The maximum absolute atomic E-state index is 11.1. The van der Waals surface area contributed by atoms with Gasteiger partial charge in [-0.05, 0) is 42.4 Å². The van der Waals surface area contributed by atoms with Gasteiger partial charge < -0.3 is 19.5 Å². The number of benzene rings is 1. The highest BCUT2D eigenvalue weighted by molar-refractivity contribution is 6.74. The molecule has 0 atom stereocenters. The summed E-state index contributed by atoms with van der Waals surface area (Å²) in [7, 11) is -1.98. The summed E-state index contributed by atoms with van der Waals surface area (Å²) in [6, 6.07) is 8.37. The van der Waals surface area contributed by atoms with Gasteiger partial charge in [0, 0.05) is 11.8 Å². The second-order valence-corrected chi connectivity index (χ2v) is 14.2. The molecule has 8 heteroatoms. The van der Waals surface area contributed by atoms with E-state index in [9.17, 15) is 9.90 Å². The summed E-state index contributed by atoms with van der Waals surface area (Å²) in [5.74, 6) is 0.217. The van der Waals surface area contributed by atoms with Gasteiger partial charge in [0.25, 0.3) is 0 Å². The molecule has 0 spiro atoms. The zero-order valence-corrected chi connectivity index (χ0v) is 19.1. The van der Waals surface area contributed by atoms with Crippen LogP contribution in [-0.2, 0) is 5.60 Å². The van der Waals surface area contributed by atoms with Crippen LogP contribution in [0.2, 0.25) is 23.2 Å². The van der Waals surface area contributed by atoms with E-state index in [2.05, 4.69) is 38.8 Å². The van der Waals surface area contributed by atoms with Crippen LogP contribution in [0.1, 0.15) is 36.7 Å². The van der Waals surface area contributed by atoms with Crippen LogP contribution in [0.15, 0.2) is 36.5 Å². The van der Waals surface area contributed by atoms with Crippen LogP contribution in [0.3, 0.4) is 0 Å². The van der Waals surface area contributed by atoms with Gasteiger partial charge in [0.2, 0.25) is 8.32 Å². The van der Waals surface area contributed by atoms with E-state index in [0.29, 0.717) is 22.2 Å². The largest absolute Gasteiger partial charge is 0.543 e. The molecular weight excluding hydrogens is 408 g/mol. The van der Waals surface area contributed by atoms with Gasteiger partial charge in [-0.2, -0.15) is 0 Å². The van der Waals surface area contributed by atoms with Crippen molar-refractivity contribution >= 4 is 31.7 Å². The summed E-state index contributed by atoms with van der Waals surface area (Å²) in [6.45, 7) is 11.4. The highest BCUT2D eigenvalue weighted by atomic mass is 35.5. The van der Waals surface area contributed by atoms with Crippen LogP contribution >= 0.6 is 11.6 Å². The number of pyridine rings is 1. The number of anilines is 1. The van der Waals surface area contributed by atoms with Gasteiger partial charge in [-0.25, -0.2) is 9.78 Å². The number of β-amino-alcohol motifs (C(OH)–C–C–N with tert-alkyl or cyclic N) is 1. The first kappa shape index (κ1) is 21.6. The number of aromatic nitrogens is 1. The van der Waals surface area contributed by atoms with Crippen molar-refractivity contribution in [3.05, 3.63) is 52.7 Å². The molecule has 1 aromatic heterocycles. The molecule has 1 saturated heterocycles. The smallest absolute Gasteiger partial charge is 0.335 e. The van der Waals surface area contributed by atoms with Gasteiger partial charge in [0.1, 0.15) is 17.2 Å². The van der Waals surface area contributed by atoms with E-state index in [1.54, 1.807) is 6.07 Å². The van der Waals surface area contributed by atoms with Crippen LogP contribution in [-0.4, -0.2) is 42.6 Å². The molecule has 29 heavy (non-hydrogen) atoms. The van der Waals surface area contributed by atoms with Crippen molar-refractivity contribution in [2.24, 2.45) is 0 Å². The van der Waals surface area contributed by atoms with E-state index in [1.165, 1.54) is 18.3 Å². The number of carboxylic acids is 1. The molecule has 1 aromatic carbocycles. The van der Waals surface area contributed by atoms with Crippen LogP contribution in [0.5, 0.6) is 5.75 Å². The van der Waals surface area contributed by atoms with Crippen molar-refractivity contribution in [3.63, 3.8) is 0 Å². The number of hydrogen-bond donors (Lipinski definition) is 2. The van der Waals surface area contributed by atoms with Crippen LogP contribution in [0.4, 0.5) is 5.82 Å². The molecule has 1 aliphatic heterocycles. The van der Waals surface area contributed by atoms with Crippen LogP contribution in [0.25, 0.3) is 0 Å². The molecule has 3 rings (SSSR count). The molecule has 156 valence electrons. The minimum absolute atomic E-state index is 0.0717. The van der Waals surface area contributed by atoms with Gasteiger partial charge >= 0.3 is 5.97 Å². The lowest BCUT2D eigenvalue weighted by Crippen LogP contribution is -2.60. The van der Waals surface area contributed by atoms with Gasteiger partial charge in [0.15, 0.2) is 0 Å². The molecule has 0 bridgehead atoms. The Morgan fingerprint density at radius 3 is 2.45 bits per heavy atom. The maximum Gasteiger partial charge on any atom is 0.335 e. The van der Waals surface area contributed by atoms with E-state index in [1.807, 2.05) is 17.0 Å². The highest BCUT2D eigenvalue weighted by Crippen LogP contribution is 2.41. The van der Waals surface area contributed by atoms with E-state index >= 15 is 0 Å². The fraction of sp³-hybridized carbons (Fsp3) is 0.429. The number of hydrogen-bond acceptors (Lipinski definition) is 5. The van der Waals surface area contributed by atoms with Crippen LogP contribution in [0, 0.1) is 0 Å². The minimum atomic E-state index is -1.98. The Labute approximate surface area is 177 Å². The van der Waals surface area contributed by atoms with Crippen molar-refractivity contribution in [1.29, 1.82) is 0 Å². The molecular formula is C21H27ClN2O4Si. The highest BCUT2D eigenvalue weighted by Gasteiger charge is 2.45. The summed E-state index contributed by atoms with van der Waals surface area (Å²) in [6.07, 6.45) is 1.45. The van der Waals surface area contributed by atoms with E-state index < -0.39 is 19.9 Å². The molecule has 2 N–H and O–H groups in total. The minimum Gasteiger partial charge on any atom is -0.543 e. The van der Waals surface area contributed by atoms with E-state index in [4.69, 9.17) is 21.1 Å². The lowest BCUT2D eigenvalue weighted by Gasteiger charge is -2.47. The number of nitrogens with zero attached hydrogens (tertiary/aromatic N) is 2. The van der Waals surface area contributed by atoms with Gasteiger partial charge in [-0.15, -0.1) is 0 Å². The van der Waals surface area contributed by atoms with Crippen molar-refractivity contribution in [2.75, 3.05) is 18.0 Å². The number of carboxylic acid groups (broad SMARTS) is 1. The Morgan fingerprint density at radius 2 is 1.90 bits per heavy atom. The first-order valence-corrected chi connectivity index (χ1v) is 12.8. The Kier molecular flexibility index (Phi) is 5.44. The average molecular weight is 435 g/mol. The monoisotopic (exact) mass is 434 g/mol. The number of halogens is 1. The number of carbonyl (C=O) groups is 1. The molecule has 0 aliphatic carbocycles. The number of aliphatic hydroxyl groups is 1. The summed E-state index contributed by atoms with van der Waals surface area (Å²) < 4.78 is 6.29. The first-order valence-electron chi connectivity index (χ1n) is 9.48. The topological polar surface area (TPSA) is 82.9 Å². The third-order valence-electron chi connectivity index (χ3n) is 5.84. The van der Waals surface area contributed by atoms with Gasteiger partial charge in [-0.3, -0.25) is 0 Å². The normalized spacial score (nSPS) is 16.3. The molecule has 2 heterocycles. The fourth-order valence-electron chi connectivity index (χ4n) is 3.03. The lowest BCUT2D eigenvalue weighted by molar-refractivity contribution is 0.00714. The molecule has 0 unspecified atom stereocenters. The predicted molar refractivity (Wildman–Crippen MR) is 117 cm³/mol. The second kappa shape index (κ2) is 7.30. The maximum atomic E-state index is 11.1. The summed E-state index contributed by atoms with van der Waals surface area (Å²) in [5.41, 5.74) is -0.323. The first-order chi connectivity index (χ1) is 13.3. The quantitative estimate of drug-likeness (QED) is 0.673. The molecule has 1 fully saturated rings. The number of rotatable bonds is 5. The summed E-state index contributed by atoms with van der Waals surface area (Å²) in [5, 5.41) is 20.7. The van der Waals surface area contributed by atoms with Crippen molar-refractivity contribution < 1.29 is 19.4 Å². The zero-order valence-electron chi connectivity index (χ0n) is 17.4. The van der Waals surface area contributed by atoms with Gasteiger partial charge in [0.05, 0.1) is 23.7 Å². The molecule has 6 nitrogen and oxygen atoms in total. The fourth-order valence-corrected chi connectivity index (χ4v) is 4.40. The Balaban J connectivity index is 1.75. The van der Waals surface area contributed by atoms with Crippen molar-refractivity contribution in [1.82, 2.24) is 4.98 Å². The molecule has 1 aliphatic rings. The SMILES string of the molecule is CC(C)(C)[Si](C)(C)Oc1ccc(C2(O)CN(c3cc(C(=O)O)ccn3)C2)c(Cl)c1. The van der Waals surface area contributed by atoms with Crippen LogP contribution < -0.4 is 9.33 Å². The van der Waals surface area contributed by atoms with Crippen molar-refractivity contribution in [3.8, 4) is 5.75 Å². The average Bonchev–Trinajstić information content (AvgIpc) is 2.58.